The van der Waals surface area contributed by atoms with E-state index in [9.17, 15) is 10.1 Å². The number of fused-ring (bicyclic) bond motifs is 3. The molecule has 4 heteroatoms. The zero-order chi connectivity index (χ0) is 22.5. The van der Waals surface area contributed by atoms with Crippen LogP contribution in [0.1, 0.15) is 50.7 Å². The summed E-state index contributed by atoms with van der Waals surface area (Å²) in [7, 11) is 0. The number of para-hydroxylation sites is 1. The molecule has 3 aromatic carbocycles. The van der Waals surface area contributed by atoms with Crippen LogP contribution >= 0.6 is 0 Å². The molecule has 0 aliphatic rings. The smallest absolute Gasteiger partial charge is 0.269 e. The molecule has 0 aliphatic heterocycles. The van der Waals surface area contributed by atoms with Gasteiger partial charge >= 0.3 is 0 Å². The Morgan fingerprint density at radius 3 is 2.31 bits per heavy atom. The van der Waals surface area contributed by atoms with Crippen LogP contribution in [-0.4, -0.2) is 9.49 Å². The van der Waals surface area contributed by atoms with Crippen LogP contribution in [0.25, 0.3) is 34.0 Å². The molecule has 0 N–H and O–H groups in total. The molecule has 1 unspecified atom stereocenters. The number of hydrogen-bond donors (Lipinski definition) is 0. The SMILES string of the molecule is CCCCC(CC)Cn1c2ccccc2c2cc(C=Cc3ccc([N+](=O)[O-])cc3)ccc21. The molecule has 1 atom stereocenters. The van der Waals surface area contributed by atoms with Crippen molar-refractivity contribution in [2.75, 3.05) is 0 Å². The zero-order valence-corrected chi connectivity index (χ0v) is 18.8. The van der Waals surface area contributed by atoms with E-state index in [-0.39, 0.29) is 10.6 Å². The largest absolute Gasteiger partial charge is 0.340 e. The molecule has 0 aliphatic carbocycles. The first kappa shape index (κ1) is 21.8. The van der Waals surface area contributed by atoms with E-state index in [0.29, 0.717) is 5.92 Å². The Balaban J connectivity index is 1.68. The first-order valence-corrected chi connectivity index (χ1v) is 11.5. The van der Waals surface area contributed by atoms with E-state index in [0.717, 1.165) is 17.7 Å². The Kier molecular flexibility index (Phi) is 6.69. The van der Waals surface area contributed by atoms with Gasteiger partial charge in [-0.3, -0.25) is 10.1 Å². The third kappa shape index (κ3) is 4.59. The monoisotopic (exact) mass is 426 g/mol. The van der Waals surface area contributed by atoms with Crippen molar-refractivity contribution >= 4 is 39.6 Å². The molecule has 0 fully saturated rings. The van der Waals surface area contributed by atoms with Gasteiger partial charge < -0.3 is 4.57 Å². The van der Waals surface area contributed by atoms with Crippen LogP contribution in [0.15, 0.2) is 66.7 Å². The number of nitro groups is 1. The normalized spacial score (nSPS) is 12.7. The highest BCUT2D eigenvalue weighted by Gasteiger charge is 2.14. The maximum atomic E-state index is 10.8. The molecule has 0 saturated carbocycles. The second kappa shape index (κ2) is 9.82. The fourth-order valence-electron chi connectivity index (χ4n) is 4.45. The van der Waals surface area contributed by atoms with Crippen LogP contribution < -0.4 is 0 Å². The number of benzene rings is 3. The van der Waals surface area contributed by atoms with E-state index in [1.807, 2.05) is 6.08 Å². The van der Waals surface area contributed by atoms with Crippen molar-refractivity contribution < 1.29 is 4.92 Å². The van der Waals surface area contributed by atoms with E-state index in [1.165, 1.54) is 47.5 Å². The van der Waals surface area contributed by atoms with Crippen LogP contribution in [-0.2, 0) is 6.54 Å². The molecule has 0 radical (unpaired) electrons. The fourth-order valence-corrected chi connectivity index (χ4v) is 4.45. The summed E-state index contributed by atoms with van der Waals surface area (Å²) in [6.45, 7) is 5.62. The second-order valence-electron chi connectivity index (χ2n) is 8.50. The molecule has 1 aromatic heterocycles. The first-order chi connectivity index (χ1) is 15.6. The standard InChI is InChI=1S/C28H30N2O2/c1-3-5-8-21(4-2)20-29-27-10-7-6-9-25(27)26-19-23(15-18-28(26)29)12-11-22-13-16-24(17-14-22)30(31)32/h6-7,9-19,21H,3-5,8,20H2,1-2H3. The highest BCUT2D eigenvalue weighted by Crippen LogP contribution is 2.32. The van der Waals surface area contributed by atoms with E-state index in [2.05, 4.69) is 67.0 Å². The number of non-ortho nitro benzene ring substituents is 1. The van der Waals surface area contributed by atoms with Gasteiger partial charge in [-0.05, 0) is 53.8 Å². The summed E-state index contributed by atoms with van der Waals surface area (Å²) in [4.78, 5) is 10.5. The van der Waals surface area contributed by atoms with E-state index >= 15 is 0 Å². The molecule has 4 aromatic rings. The van der Waals surface area contributed by atoms with Crippen LogP contribution in [0.4, 0.5) is 5.69 Å². The molecule has 0 amide bonds. The van der Waals surface area contributed by atoms with Gasteiger partial charge in [0.05, 0.1) is 4.92 Å². The molecule has 4 nitrogen and oxygen atoms in total. The average Bonchev–Trinajstić information content (AvgIpc) is 3.13. The van der Waals surface area contributed by atoms with E-state index in [4.69, 9.17) is 0 Å². The van der Waals surface area contributed by atoms with Gasteiger partial charge in [0.1, 0.15) is 0 Å². The minimum Gasteiger partial charge on any atom is -0.340 e. The summed E-state index contributed by atoms with van der Waals surface area (Å²) < 4.78 is 2.50. The number of nitrogens with zero attached hydrogens (tertiary/aromatic N) is 2. The molecular formula is C28H30N2O2. The number of unbranched alkanes of at least 4 members (excludes halogenated alkanes) is 1. The summed E-state index contributed by atoms with van der Waals surface area (Å²) in [5.41, 5.74) is 4.76. The van der Waals surface area contributed by atoms with Gasteiger partial charge in [0, 0.05) is 40.5 Å². The Bertz CT molecular complexity index is 1250. The van der Waals surface area contributed by atoms with Gasteiger partial charge in [0.15, 0.2) is 0 Å². The van der Waals surface area contributed by atoms with Gasteiger partial charge in [-0.2, -0.15) is 0 Å². The van der Waals surface area contributed by atoms with Crippen molar-refractivity contribution in [2.45, 2.75) is 46.1 Å². The molecule has 4 rings (SSSR count). The van der Waals surface area contributed by atoms with Gasteiger partial charge in [-0.1, -0.05) is 69.5 Å². The molecule has 1 heterocycles. The lowest BCUT2D eigenvalue weighted by Crippen LogP contribution is -2.10. The topological polar surface area (TPSA) is 48.1 Å². The number of aromatic nitrogens is 1. The maximum absolute atomic E-state index is 10.8. The molecule has 32 heavy (non-hydrogen) atoms. The third-order valence-corrected chi connectivity index (χ3v) is 6.35. The van der Waals surface area contributed by atoms with Crippen molar-refractivity contribution in [3.63, 3.8) is 0 Å². The molecular weight excluding hydrogens is 396 g/mol. The lowest BCUT2D eigenvalue weighted by atomic mass is 9.99. The van der Waals surface area contributed by atoms with Crippen molar-refractivity contribution in [3.8, 4) is 0 Å². The fraction of sp³-hybridized carbons (Fsp3) is 0.286. The number of nitro benzene ring substituents is 1. The maximum Gasteiger partial charge on any atom is 0.269 e. The highest BCUT2D eigenvalue weighted by molar-refractivity contribution is 6.08. The zero-order valence-electron chi connectivity index (χ0n) is 18.8. The summed E-state index contributed by atoms with van der Waals surface area (Å²) >= 11 is 0. The van der Waals surface area contributed by atoms with Gasteiger partial charge in [-0.15, -0.1) is 0 Å². The minimum absolute atomic E-state index is 0.112. The summed E-state index contributed by atoms with van der Waals surface area (Å²) in [5.74, 6) is 0.690. The van der Waals surface area contributed by atoms with E-state index < -0.39 is 0 Å². The Morgan fingerprint density at radius 1 is 0.906 bits per heavy atom. The summed E-state index contributed by atoms with van der Waals surface area (Å²) in [6.07, 6.45) is 9.08. The number of hydrogen-bond acceptors (Lipinski definition) is 2. The van der Waals surface area contributed by atoms with Crippen molar-refractivity contribution in [1.82, 2.24) is 4.57 Å². The lowest BCUT2D eigenvalue weighted by Gasteiger charge is -2.17. The Hall–Kier alpha value is -3.40. The molecule has 0 spiro atoms. The molecule has 0 bridgehead atoms. The van der Waals surface area contributed by atoms with Crippen LogP contribution in [0.2, 0.25) is 0 Å². The van der Waals surface area contributed by atoms with Crippen LogP contribution in [0, 0.1) is 16.0 Å². The van der Waals surface area contributed by atoms with Crippen LogP contribution in [0.3, 0.4) is 0 Å². The predicted octanol–water partition coefficient (Wildman–Crippen LogP) is 8.09. The molecule has 0 saturated heterocycles. The van der Waals surface area contributed by atoms with Crippen molar-refractivity contribution in [1.29, 1.82) is 0 Å². The van der Waals surface area contributed by atoms with Crippen LogP contribution in [0.5, 0.6) is 0 Å². The lowest BCUT2D eigenvalue weighted by molar-refractivity contribution is -0.384. The Morgan fingerprint density at radius 2 is 1.59 bits per heavy atom. The quantitative estimate of drug-likeness (QED) is 0.154. The van der Waals surface area contributed by atoms with Gasteiger partial charge in [-0.25, -0.2) is 0 Å². The number of rotatable bonds is 9. The minimum atomic E-state index is -0.372. The average molecular weight is 427 g/mol. The first-order valence-electron chi connectivity index (χ1n) is 11.5. The third-order valence-electron chi connectivity index (χ3n) is 6.35. The second-order valence-corrected chi connectivity index (χ2v) is 8.50. The summed E-state index contributed by atoms with van der Waals surface area (Å²) in [6, 6.07) is 22.0. The van der Waals surface area contributed by atoms with Crippen molar-refractivity contribution in [3.05, 3.63) is 88.0 Å². The highest BCUT2D eigenvalue weighted by atomic mass is 16.6. The van der Waals surface area contributed by atoms with E-state index in [1.54, 1.807) is 24.3 Å². The van der Waals surface area contributed by atoms with Gasteiger partial charge in [0.2, 0.25) is 0 Å². The van der Waals surface area contributed by atoms with Gasteiger partial charge in [0.25, 0.3) is 5.69 Å². The Labute approximate surface area is 189 Å². The summed E-state index contributed by atoms with van der Waals surface area (Å²) in [5, 5.41) is 13.4. The van der Waals surface area contributed by atoms with Crippen molar-refractivity contribution in [2.24, 2.45) is 5.92 Å². The molecule has 164 valence electrons. The predicted molar refractivity (Wildman–Crippen MR) is 135 cm³/mol.